The Bertz CT molecular complexity index is 45.8. The van der Waals surface area contributed by atoms with Crippen LogP contribution in [0, 0.1) is 0 Å². The van der Waals surface area contributed by atoms with Crippen LogP contribution in [0.5, 0.6) is 0 Å². The highest BCUT2D eigenvalue weighted by Gasteiger charge is 1.90. The van der Waals surface area contributed by atoms with Crippen LogP contribution in [0.15, 0.2) is 0 Å². The van der Waals surface area contributed by atoms with Gasteiger partial charge in [0.05, 0.1) is 0 Å². The lowest BCUT2D eigenvalue weighted by molar-refractivity contribution is 0.335. The van der Waals surface area contributed by atoms with Crippen LogP contribution in [0.25, 0.3) is 0 Å². The fraction of sp³-hybridized carbons (Fsp3) is 1.00. The first kappa shape index (κ1) is 19.1. The van der Waals surface area contributed by atoms with Crippen molar-refractivity contribution in [1.29, 1.82) is 0 Å². The third-order valence-corrected chi connectivity index (χ3v) is 1.21. The van der Waals surface area contributed by atoms with Crippen molar-refractivity contribution in [3.8, 4) is 0 Å². The van der Waals surface area contributed by atoms with Gasteiger partial charge >= 0.3 is 0 Å². The molecule has 0 bridgehead atoms. The van der Waals surface area contributed by atoms with Crippen molar-refractivity contribution in [2.75, 3.05) is 20.1 Å². The summed E-state index contributed by atoms with van der Waals surface area (Å²) in [5.41, 5.74) is 0. The van der Waals surface area contributed by atoms with Gasteiger partial charge < -0.3 is 4.90 Å². The molecule has 0 aliphatic heterocycles. The summed E-state index contributed by atoms with van der Waals surface area (Å²) in [6, 6.07) is 0. The van der Waals surface area contributed by atoms with Crippen molar-refractivity contribution in [3.05, 3.63) is 0 Å². The van der Waals surface area contributed by atoms with E-state index in [0.29, 0.717) is 0 Å². The molecule has 0 radical (unpaired) electrons. The van der Waals surface area contributed by atoms with Crippen molar-refractivity contribution < 1.29 is 0 Å². The first-order valence-electron chi connectivity index (χ1n) is 4.64. The second-order valence-electron chi connectivity index (χ2n) is 2.30. The van der Waals surface area contributed by atoms with E-state index in [1.54, 1.807) is 0 Å². The predicted octanol–water partition coefficient (Wildman–Crippen LogP) is 4.54. The van der Waals surface area contributed by atoms with Gasteiger partial charge in [-0.1, -0.05) is 27.7 Å². The normalized spacial score (nSPS) is 8.00. The molecule has 0 aromatic heterocycles. The van der Waals surface area contributed by atoms with Crippen LogP contribution < -0.4 is 0 Å². The third kappa shape index (κ3) is 22.5. The van der Waals surface area contributed by atoms with Crippen molar-refractivity contribution in [2.24, 2.45) is 0 Å². The zero-order valence-electron chi connectivity index (χ0n) is 9.03. The average Bonchev–Trinajstić information content (AvgIpc) is 2.12. The largest absolute Gasteiger partial charge is 0.306 e. The zero-order chi connectivity index (χ0) is 10.4. The maximum Gasteiger partial charge on any atom is 0 e. The van der Waals surface area contributed by atoms with E-state index in [0.717, 1.165) is 0 Å². The van der Waals surface area contributed by atoms with Gasteiger partial charge in [0, 0.05) is 37.2 Å². The van der Waals surface area contributed by atoms with E-state index in [1.807, 2.05) is 13.8 Å². The zero-order valence-corrected chi connectivity index (χ0v) is 13.3. The molecule has 0 atom stereocenters. The highest BCUT2D eigenvalue weighted by molar-refractivity contribution is 15.0. The van der Waals surface area contributed by atoms with E-state index in [9.17, 15) is 0 Å². The van der Waals surface area contributed by atoms with Crippen LogP contribution in [0.3, 0.4) is 0 Å². The molecule has 0 unspecified atom stereocenters. The number of nitrogens with zero attached hydrogens (tertiary/aromatic N) is 1. The predicted molar refractivity (Wildman–Crippen MR) is 77.5 cm³/mol. The van der Waals surface area contributed by atoms with Crippen molar-refractivity contribution in [3.63, 3.8) is 0 Å². The van der Waals surface area contributed by atoms with E-state index < -0.39 is 0 Å². The number of hydrogen-bond donors (Lipinski definition) is 0. The van der Waals surface area contributed by atoms with Crippen LogP contribution in [-0.2, 0) is 0 Å². The first-order chi connectivity index (χ1) is 5.81. The Morgan fingerprint density at radius 2 is 1.17 bits per heavy atom. The molecule has 0 aromatic rings. The lowest BCUT2D eigenvalue weighted by Gasteiger charge is -2.12. The Labute approximate surface area is 102 Å². The van der Waals surface area contributed by atoms with Gasteiger partial charge in [0.25, 0.3) is 0 Å². The van der Waals surface area contributed by atoms with E-state index >= 15 is 0 Å². The molecular formula is C9H23I2N. The van der Waals surface area contributed by atoms with Crippen LogP contribution in [0.2, 0.25) is 0 Å². The maximum atomic E-state index is 2.36. The molecule has 0 N–H and O–H groups in total. The molecule has 0 fully saturated rings. The molecule has 0 heterocycles. The molecule has 0 aromatic carbocycles. The molecule has 0 aliphatic carbocycles. The van der Waals surface area contributed by atoms with Gasteiger partial charge in [-0.25, -0.2) is 0 Å². The van der Waals surface area contributed by atoms with Crippen LogP contribution in [0.4, 0.5) is 0 Å². The SMILES string of the molecule is CC.CCCN(C)CCC.II. The minimum absolute atomic E-state index is 1.24. The Hall–Kier alpha value is 1.42. The highest BCUT2D eigenvalue weighted by Crippen LogP contribution is 1.89. The topological polar surface area (TPSA) is 3.24 Å². The van der Waals surface area contributed by atoms with Crippen molar-refractivity contribution >= 4 is 37.2 Å². The molecule has 0 amide bonds. The fourth-order valence-corrected chi connectivity index (χ4v) is 0.875. The molecular weight excluding hydrogens is 376 g/mol. The van der Waals surface area contributed by atoms with E-state index in [-0.39, 0.29) is 0 Å². The second-order valence-corrected chi connectivity index (χ2v) is 2.30. The summed E-state index contributed by atoms with van der Waals surface area (Å²) in [6.07, 6.45) is 2.55. The number of hydrogen-bond acceptors (Lipinski definition) is 1. The maximum absolute atomic E-state index is 2.36. The molecule has 0 saturated heterocycles. The van der Waals surface area contributed by atoms with Gasteiger partial charge in [0.15, 0.2) is 0 Å². The summed E-state index contributed by atoms with van der Waals surface area (Å²) >= 11 is 4.24. The van der Waals surface area contributed by atoms with Gasteiger partial charge in [-0.05, 0) is 33.0 Å². The van der Waals surface area contributed by atoms with E-state index in [1.165, 1.54) is 25.9 Å². The third-order valence-electron chi connectivity index (χ3n) is 1.21. The monoisotopic (exact) mass is 399 g/mol. The molecule has 0 saturated carbocycles. The lowest BCUT2D eigenvalue weighted by atomic mass is 10.4. The Kier molecular flexibility index (Phi) is 36.3. The molecule has 3 heteroatoms. The molecule has 0 aliphatic rings. The quantitative estimate of drug-likeness (QED) is 0.628. The fourth-order valence-electron chi connectivity index (χ4n) is 0.875. The van der Waals surface area contributed by atoms with Crippen molar-refractivity contribution in [1.82, 2.24) is 4.90 Å². The Morgan fingerprint density at radius 1 is 0.917 bits per heavy atom. The van der Waals surface area contributed by atoms with Crippen LogP contribution >= 0.6 is 37.2 Å². The summed E-state index contributed by atoms with van der Waals surface area (Å²) in [4.78, 5) is 2.36. The molecule has 78 valence electrons. The number of rotatable bonds is 4. The minimum Gasteiger partial charge on any atom is -0.306 e. The average molecular weight is 399 g/mol. The lowest BCUT2D eigenvalue weighted by Crippen LogP contribution is -2.19. The smallest absolute Gasteiger partial charge is 0 e. The van der Waals surface area contributed by atoms with E-state index in [4.69, 9.17) is 0 Å². The van der Waals surface area contributed by atoms with Gasteiger partial charge in [-0.3, -0.25) is 0 Å². The summed E-state index contributed by atoms with van der Waals surface area (Å²) < 4.78 is 0. The highest BCUT2D eigenvalue weighted by atomic mass is 128. The van der Waals surface area contributed by atoms with Gasteiger partial charge in [-0.2, -0.15) is 0 Å². The summed E-state index contributed by atoms with van der Waals surface area (Å²) in [7, 11) is 2.17. The molecule has 12 heavy (non-hydrogen) atoms. The van der Waals surface area contributed by atoms with Gasteiger partial charge in [-0.15, -0.1) is 0 Å². The van der Waals surface area contributed by atoms with Gasteiger partial charge in [0.2, 0.25) is 0 Å². The molecule has 0 spiro atoms. The standard InChI is InChI=1S/C7H17N.C2H6.I2/c1-4-6-8(3)7-5-2;2*1-2/h4-7H2,1-3H3;1-2H3;. The second kappa shape index (κ2) is 22.8. The summed E-state index contributed by atoms with van der Waals surface area (Å²) in [5.74, 6) is 0. The van der Waals surface area contributed by atoms with Gasteiger partial charge in [0.1, 0.15) is 0 Å². The molecule has 0 rings (SSSR count). The van der Waals surface area contributed by atoms with Crippen LogP contribution in [0.1, 0.15) is 40.5 Å². The number of halogens is 2. The molecule has 1 nitrogen and oxygen atoms in total. The Morgan fingerprint density at radius 3 is 1.33 bits per heavy atom. The van der Waals surface area contributed by atoms with E-state index in [2.05, 4.69) is 63.0 Å². The van der Waals surface area contributed by atoms with Crippen molar-refractivity contribution in [2.45, 2.75) is 40.5 Å². The first-order valence-corrected chi connectivity index (χ1v) is 10.9. The summed E-state index contributed by atoms with van der Waals surface area (Å²) in [5, 5.41) is 0. The van der Waals surface area contributed by atoms with Crippen LogP contribution in [-0.4, -0.2) is 25.0 Å². The summed E-state index contributed by atoms with van der Waals surface area (Å²) in [6.45, 7) is 10.9. The Balaban J connectivity index is -0.000000175. The minimum atomic E-state index is 1.24.